The van der Waals surface area contributed by atoms with Crippen LogP contribution in [0.15, 0.2) is 18.2 Å². The molecule has 17 heavy (non-hydrogen) atoms. The Labute approximate surface area is 109 Å². The van der Waals surface area contributed by atoms with Crippen molar-refractivity contribution in [2.75, 3.05) is 6.61 Å². The highest BCUT2D eigenvalue weighted by molar-refractivity contribution is 7.80. The average molecular weight is 251 g/mol. The molecule has 0 aromatic heterocycles. The summed E-state index contributed by atoms with van der Waals surface area (Å²) in [7, 11) is 0. The van der Waals surface area contributed by atoms with Crippen molar-refractivity contribution in [2.24, 2.45) is 11.1 Å². The Morgan fingerprint density at radius 2 is 2.00 bits per heavy atom. The highest BCUT2D eigenvalue weighted by Gasteiger charge is 2.10. The molecule has 2 nitrogen and oxygen atoms in total. The Morgan fingerprint density at radius 3 is 2.53 bits per heavy atom. The fourth-order valence-electron chi connectivity index (χ4n) is 1.38. The lowest BCUT2D eigenvalue weighted by Crippen LogP contribution is -2.13. The van der Waals surface area contributed by atoms with Gasteiger partial charge in [-0.3, -0.25) is 0 Å². The van der Waals surface area contributed by atoms with E-state index in [4.69, 9.17) is 22.7 Å². The molecule has 0 fully saturated rings. The Hall–Kier alpha value is -1.09. The van der Waals surface area contributed by atoms with Crippen molar-refractivity contribution >= 4 is 17.2 Å². The zero-order valence-corrected chi connectivity index (χ0v) is 11.9. The van der Waals surface area contributed by atoms with Crippen molar-refractivity contribution in [3.05, 3.63) is 29.3 Å². The SMILES string of the molecule is Cc1ccc(C(N)=S)cc1OCCC(C)(C)C. The molecule has 1 aromatic carbocycles. The van der Waals surface area contributed by atoms with Crippen molar-refractivity contribution < 1.29 is 4.74 Å². The average Bonchev–Trinajstić information content (AvgIpc) is 2.18. The lowest BCUT2D eigenvalue weighted by molar-refractivity contribution is 0.242. The second kappa shape index (κ2) is 5.50. The standard InChI is InChI=1S/C14H21NOS/c1-10-5-6-11(13(15)17)9-12(10)16-8-7-14(2,3)4/h5-6,9H,7-8H2,1-4H3,(H2,15,17). The number of hydrogen-bond donors (Lipinski definition) is 1. The van der Waals surface area contributed by atoms with Crippen LogP contribution in [0.4, 0.5) is 0 Å². The van der Waals surface area contributed by atoms with Crippen LogP contribution in [0.5, 0.6) is 5.75 Å². The first-order valence-electron chi connectivity index (χ1n) is 5.83. The van der Waals surface area contributed by atoms with Crippen LogP contribution in [-0.2, 0) is 0 Å². The number of benzene rings is 1. The molecule has 0 spiro atoms. The molecule has 1 rings (SSSR count). The molecule has 0 heterocycles. The van der Waals surface area contributed by atoms with Gasteiger partial charge in [0.25, 0.3) is 0 Å². The first kappa shape index (κ1) is 14.0. The molecule has 0 unspecified atom stereocenters. The van der Waals surface area contributed by atoms with Crippen LogP contribution in [0.2, 0.25) is 0 Å². The molecule has 2 N–H and O–H groups in total. The van der Waals surface area contributed by atoms with Crippen molar-refractivity contribution in [3.63, 3.8) is 0 Å². The Balaban J connectivity index is 2.70. The van der Waals surface area contributed by atoms with E-state index in [1.54, 1.807) is 0 Å². The molecule has 0 radical (unpaired) electrons. The molecule has 0 saturated carbocycles. The summed E-state index contributed by atoms with van der Waals surface area (Å²) >= 11 is 4.96. The minimum atomic E-state index is 0.286. The van der Waals surface area contributed by atoms with Crippen molar-refractivity contribution in [1.29, 1.82) is 0 Å². The molecular formula is C14H21NOS. The predicted octanol–water partition coefficient (Wildman–Crippen LogP) is 3.44. The smallest absolute Gasteiger partial charge is 0.122 e. The molecule has 1 aromatic rings. The lowest BCUT2D eigenvalue weighted by Gasteiger charge is -2.19. The number of aryl methyl sites for hydroxylation is 1. The maximum Gasteiger partial charge on any atom is 0.122 e. The number of nitrogens with two attached hydrogens (primary N) is 1. The van der Waals surface area contributed by atoms with Crippen LogP contribution in [0.1, 0.15) is 38.3 Å². The van der Waals surface area contributed by atoms with Gasteiger partial charge in [-0.1, -0.05) is 45.1 Å². The van der Waals surface area contributed by atoms with E-state index < -0.39 is 0 Å². The summed E-state index contributed by atoms with van der Waals surface area (Å²) in [5.41, 5.74) is 7.86. The van der Waals surface area contributed by atoms with E-state index in [0.717, 1.165) is 23.3 Å². The van der Waals surface area contributed by atoms with Gasteiger partial charge in [0.1, 0.15) is 10.7 Å². The molecule has 0 aliphatic heterocycles. The van der Waals surface area contributed by atoms with Gasteiger partial charge in [-0.05, 0) is 30.4 Å². The molecule has 0 amide bonds. The Bertz CT molecular complexity index is 407. The third-order valence-corrected chi connectivity index (χ3v) is 2.82. The number of rotatable bonds is 4. The summed E-state index contributed by atoms with van der Waals surface area (Å²) in [5.74, 6) is 0.875. The predicted molar refractivity (Wildman–Crippen MR) is 76.6 cm³/mol. The van der Waals surface area contributed by atoms with Gasteiger partial charge < -0.3 is 10.5 Å². The van der Waals surface area contributed by atoms with Crippen molar-refractivity contribution in [1.82, 2.24) is 0 Å². The normalized spacial score (nSPS) is 11.3. The third kappa shape index (κ3) is 4.73. The monoisotopic (exact) mass is 251 g/mol. The Kier molecular flexibility index (Phi) is 4.52. The van der Waals surface area contributed by atoms with E-state index in [2.05, 4.69) is 20.8 Å². The van der Waals surface area contributed by atoms with E-state index in [0.29, 0.717) is 11.6 Å². The molecule has 0 atom stereocenters. The summed E-state index contributed by atoms with van der Waals surface area (Å²) < 4.78 is 5.79. The second-order valence-electron chi connectivity index (χ2n) is 5.50. The van der Waals surface area contributed by atoms with Gasteiger partial charge in [-0.2, -0.15) is 0 Å². The summed E-state index contributed by atoms with van der Waals surface area (Å²) in [4.78, 5) is 0.408. The highest BCUT2D eigenvalue weighted by atomic mass is 32.1. The largest absolute Gasteiger partial charge is 0.493 e. The fourth-order valence-corrected chi connectivity index (χ4v) is 1.50. The van der Waals surface area contributed by atoms with Crippen molar-refractivity contribution in [2.45, 2.75) is 34.1 Å². The first-order chi connectivity index (χ1) is 7.79. The molecule has 0 saturated heterocycles. The zero-order chi connectivity index (χ0) is 13.1. The molecule has 94 valence electrons. The van der Waals surface area contributed by atoms with Crippen LogP contribution >= 0.6 is 12.2 Å². The molecule has 0 aliphatic rings. The maximum absolute atomic E-state index is 5.79. The van der Waals surface area contributed by atoms with Crippen LogP contribution in [0.3, 0.4) is 0 Å². The van der Waals surface area contributed by atoms with Gasteiger partial charge >= 0.3 is 0 Å². The van der Waals surface area contributed by atoms with Gasteiger partial charge in [-0.25, -0.2) is 0 Å². The van der Waals surface area contributed by atoms with Gasteiger partial charge in [0.15, 0.2) is 0 Å². The topological polar surface area (TPSA) is 35.2 Å². The van der Waals surface area contributed by atoms with Gasteiger partial charge in [0.05, 0.1) is 6.61 Å². The zero-order valence-electron chi connectivity index (χ0n) is 11.0. The summed E-state index contributed by atoms with van der Waals surface area (Å²) in [6, 6.07) is 5.83. The van der Waals surface area contributed by atoms with Gasteiger partial charge in [-0.15, -0.1) is 0 Å². The molecule has 3 heteroatoms. The highest BCUT2D eigenvalue weighted by Crippen LogP contribution is 2.22. The van der Waals surface area contributed by atoms with E-state index in [9.17, 15) is 0 Å². The maximum atomic E-state index is 5.79. The Morgan fingerprint density at radius 1 is 1.35 bits per heavy atom. The van der Waals surface area contributed by atoms with Crippen molar-refractivity contribution in [3.8, 4) is 5.75 Å². The van der Waals surface area contributed by atoms with Crippen LogP contribution in [-0.4, -0.2) is 11.6 Å². The second-order valence-corrected chi connectivity index (χ2v) is 5.94. The van der Waals surface area contributed by atoms with Crippen LogP contribution in [0.25, 0.3) is 0 Å². The van der Waals surface area contributed by atoms with E-state index >= 15 is 0 Å². The lowest BCUT2D eigenvalue weighted by atomic mass is 9.93. The van der Waals surface area contributed by atoms with E-state index in [-0.39, 0.29) is 5.41 Å². The molecule has 0 bridgehead atoms. The number of ether oxygens (including phenoxy) is 1. The molecular weight excluding hydrogens is 230 g/mol. The van der Waals surface area contributed by atoms with Crippen LogP contribution < -0.4 is 10.5 Å². The fraction of sp³-hybridized carbons (Fsp3) is 0.500. The summed E-state index contributed by atoms with van der Waals surface area (Å²) in [6.07, 6.45) is 1.02. The summed E-state index contributed by atoms with van der Waals surface area (Å²) in [5, 5.41) is 0. The quantitative estimate of drug-likeness (QED) is 0.833. The molecule has 0 aliphatic carbocycles. The number of thiocarbonyl (C=S) groups is 1. The van der Waals surface area contributed by atoms with E-state index in [1.807, 2.05) is 25.1 Å². The minimum absolute atomic E-state index is 0.286. The summed E-state index contributed by atoms with van der Waals surface area (Å²) in [6.45, 7) is 9.35. The van der Waals surface area contributed by atoms with Crippen LogP contribution in [0, 0.1) is 12.3 Å². The number of hydrogen-bond acceptors (Lipinski definition) is 2. The first-order valence-corrected chi connectivity index (χ1v) is 6.24. The van der Waals surface area contributed by atoms with Gasteiger partial charge in [0, 0.05) is 5.56 Å². The minimum Gasteiger partial charge on any atom is -0.493 e. The van der Waals surface area contributed by atoms with E-state index in [1.165, 1.54) is 0 Å². The third-order valence-electron chi connectivity index (χ3n) is 2.58. The van der Waals surface area contributed by atoms with Gasteiger partial charge in [0.2, 0.25) is 0 Å².